The molecule has 0 radical (unpaired) electrons. The van der Waals surface area contributed by atoms with Gasteiger partial charge in [0.2, 0.25) is 11.8 Å². The van der Waals surface area contributed by atoms with E-state index in [0.717, 1.165) is 0 Å². The molecule has 3 aliphatic rings. The van der Waals surface area contributed by atoms with E-state index in [-0.39, 0.29) is 36.9 Å². The molecule has 10 nitrogen and oxygen atoms in total. The maximum Gasteiger partial charge on any atom is 0.343 e. The van der Waals surface area contributed by atoms with Gasteiger partial charge in [0.25, 0.3) is 0 Å². The fraction of sp³-hybridized carbons (Fsp3) is 0.333. The fourth-order valence-corrected chi connectivity index (χ4v) is 4.55. The number of nitrogens with one attached hydrogen (secondary N) is 2. The number of amidine groups is 1. The van der Waals surface area contributed by atoms with E-state index >= 15 is 0 Å². The molecule has 1 saturated heterocycles. The van der Waals surface area contributed by atoms with E-state index < -0.39 is 17.8 Å². The van der Waals surface area contributed by atoms with Crippen molar-refractivity contribution >= 4 is 40.7 Å². The number of carbonyl (C=O) groups is 3. The zero-order valence-electron chi connectivity index (χ0n) is 20.7. The van der Waals surface area contributed by atoms with Gasteiger partial charge < -0.3 is 29.7 Å². The van der Waals surface area contributed by atoms with Crippen LogP contribution in [0.2, 0.25) is 0 Å². The van der Waals surface area contributed by atoms with Crippen molar-refractivity contribution in [2.45, 2.75) is 26.7 Å². The van der Waals surface area contributed by atoms with Crippen molar-refractivity contribution in [2.75, 3.05) is 36.6 Å². The van der Waals surface area contributed by atoms with Gasteiger partial charge in [-0.15, -0.1) is 0 Å². The summed E-state index contributed by atoms with van der Waals surface area (Å²) in [5, 5.41) is 6.09. The predicted octanol–water partition coefficient (Wildman–Crippen LogP) is 3.31. The summed E-state index contributed by atoms with van der Waals surface area (Å²) in [6.07, 6.45) is 0.513. The molecule has 0 unspecified atom stereocenters. The van der Waals surface area contributed by atoms with Crippen LogP contribution in [-0.2, 0) is 19.1 Å². The summed E-state index contributed by atoms with van der Waals surface area (Å²) >= 11 is 0. The fourth-order valence-electron chi connectivity index (χ4n) is 4.55. The summed E-state index contributed by atoms with van der Waals surface area (Å²) in [5.41, 5.74) is 2.68. The minimum atomic E-state index is -0.636. The van der Waals surface area contributed by atoms with E-state index in [1.54, 1.807) is 36.1 Å². The van der Waals surface area contributed by atoms with Crippen molar-refractivity contribution < 1.29 is 28.6 Å². The van der Waals surface area contributed by atoms with Gasteiger partial charge in [-0.1, -0.05) is 19.1 Å². The molecule has 3 aliphatic heterocycles. The van der Waals surface area contributed by atoms with E-state index in [0.29, 0.717) is 53.9 Å². The van der Waals surface area contributed by atoms with Crippen LogP contribution in [0.25, 0.3) is 0 Å². The monoisotopic (exact) mass is 504 g/mol. The van der Waals surface area contributed by atoms with Crippen LogP contribution >= 0.6 is 0 Å². The van der Waals surface area contributed by atoms with Crippen LogP contribution in [0.1, 0.15) is 26.7 Å². The van der Waals surface area contributed by atoms with Crippen LogP contribution < -0.4 is 25.0 Å². The van der Waals surface area contributed by atoms with Gasteiger partial charge in [-0.2, -0.15) is 0 Å². The average molecular weight is 505 g/mol. The Morgan fingerprint density at radius 2 is 1.92 bits per heavy atom. The summed E-state index contributed by atoms with van der Waals surface area (Å²) in [4.78, 5) is 45.4. The maximum absolute atomic E-state index is 13.4. The third-order valence-electron chi connectivity index (χ3n) is 6.37. The highest BCUT2D eigenvalue weighted by molar-refractivity contribution is 6.24. The van der Waals surface area contributed by atoms with Crippen LogP contribution in [0.3, 0.4) is 0 Å². The van der Waals surface area contributed by atoms with Gasteiger partial charge in [-0.25, -0.2) is 9.79 Å². The normalized spacial score (nSPS) is 18.4. The Hall–Kier alpha value is -4.34. The average Bonchev–Trinajstić information content (AvgIpc) is 3.22. The number of hydrogen-bond acceptors (Lipinski definition) is 8. The molecule has 0 aliphatic carbocycles. The summed E-state index contributed by atoms with van der Waals surface area (Å²) < 4.78 is 16.5. The van der Waals surface area contributed by atoms with Crippen molar-refractivity contribution in [2.24, 2.45) is 10.9 Å². The van der Waals surface area contributed by atoms with Crippen LogP contribution in [0.15, 0.2) is 58.7 Å². The number of aliphatic imine (C=N–C) groups is 1. The molecule has 3 heterocycles. The first-order chi connectivity index (χ1) is 18.0. The summed E-state index contributed by atoms with van der Waals surface area (Å²) in [6.45, 7) is 4.89. The predicted molar refractivity (Wildman–Crippen MR) is 137 cm³/mol. The minimum absolute atomic E-state index is 0.0292. The first kappa shape index (κ1) is 24.4. The molecule has 0 aromatic heterocycles. The number of fused-ring (bicyclic) bond motifs is 2. The standard InChI is InChI=1S/C27H28N4O6/c1-3-18-24(27(34)35-4-2)25(29-20-8-6-5-7-19(20)28-18)30-26(33)16-13-23(32)31(15-16)17-9-10-21-22(14-17)37-12-11-36-21/h5-10,14,16,28H,3-4,11-13,15H2,1-2H3,(H,29,30,33)/t16-/m0/s1. The SMILES string of the molecule is CCOC(=O)C1=C(CC)Nc2ccccc2N=C1NC(=O)[C@H]1CC(=O)N(c2ccc3c(c2)OCCO3)C1. The number of ether oxygens (including phenoxy) is 3. The minimum Gasteiger partial charge on any atom is -0.486 e. The van der Waals surface area contributed by atoms with E-state index in [1.807, 2.05) is 25.1 Å². The number of esters is 1. The third kappa shape index (κ3) is 4.87. The molecule has 0 spiro atoms. The Bertz CT molecular complexity index is 1320. The van der Waals surface area contributed by atoms with E-state index in [9.17, 15) is 14.4 Å². The quantitative estimate of drug-likeness (QED) is 0.600. The lowest BCUT2D eigenvalue weighted by molar-refractivity contribution is -0.138. The number of amides is 2. The number of hydrogen-bond donors (Lipinski definition) is 2. The van der Waals surface area contributed by atoms with Gasteiger partial charge in [0.15, 0.2) is 11.5 Å². The van der Waals surface area contributed by atoms with E-state index in [1.165, 1.54) is 0 Å². The molecule has 5 rings (SSSR count). The number of benzene rings is 2. The molecular weight excluding hydrogens is 476 g/mol. The van der Waals surface area contributed by atoms with Crippen molar-refractivity contribution in [3.05, 3.63) is 53.7 Å². The molecule has 10 heteroatoms. The van der Waals surface area contributed by atoms with Gasteiger partial charge in [-0.3, -0.25) is 9.59 Å². The Kier molecular flexibility index (Phi) is 6.80. The molecule has 2 N–H and O–H groups in total. The molecule has 0 bridgehead atoms. The second-order valence-corrected chi connectivity index (χ2v) is 8.75. The first-order valence-corrected chi connectivity index (χ1v) is 12.3. The highest BCUT2D eigenvalue weighted by Gasteiger charge is 2.37. The molecule has 192 valence electrons. The highest BCUT2D eigenvalue weighted by atomic mass is 16.6. The van der Waals surface area contributed by atoms with Crippen LogP contribution in [0, 0.1) is 5.92 Å². The Balaban J connectivity index is 1.40. The Labute approximate surface area is 214 Å². The molecule has 2 amide bonds. The summed E-state index contributed by atoms with van der Waals surface area (Å²) in [7, 11) is 0. The van der Waals surface area contributed by atoms with Crippen LogP contribution in [0.5, 0.6) is 11.5 Å². The molecule has 2 aromatic carbocycles. The van der Waals surface area contributed by atoms with Crippen LogP contribution in [-0.4, -0.2) is 50.0 Å². The lowest BCUT2D eigenvalue weighted by Crippen LogP contribution is -2.40. The second kappa shape index (κ2) is 10.3. The van der Waals surface area contributed by atoms with Gasteiger partial charge in [-0.05, 0) is 37.6 Å². The van der Waals surface area contributed by atoms with Crippen molar-refractivity contribution in [3.8, 4) is 11.5 Å². The number of carbonyl (C=O) groups excluding carboxylic acids is 3. The summed E-state index contributed by atoms with van der Waals surface area (Å²) in [5.74, 6) is -0.503. The molecule has 37 heavy (non-hydrogen) atoms. The lowest BCUT2D eigenvalue weighted by atomic mass is 10.1. The van der Waals surface area contributed by atoms with Gasteiger partial charge in [0.1, 0.15) is 24.6 Å². The largest absolute Gasteiger partial charge is 0.486 e. The van der Waals surface area contributed by atoms with E-state index in [2.05, 4.69) is 15.6 Å². The number of anilines is 2. The van der Waals surface area contributed by atoms with Gasteiger partial charge in [0.05, 0.1) is 23.9 Å². The van der Waals surface area contributed by atoms with E-state index in [4.69, 9.17) is 14.2 Å². The third-order valence-corrected chi connectivity index (χ3v) is 6.37. The molecule has 1 atom stereocenters. The van der Waals surface area contributed by atoms with Gasteiger partial charge >= 0.3 is 5.97 Å². The number of nitrogens with zero attached hydrogens (tertiary/aromatic N) is 2. The van der Waals surface area contributed by atoms with Crippen molar-refractivity contribution in [1.29, 1.82) is 0 Å². The Morgan fingerprint density at radius 1 is 1.14 bits per heavy atom. The highest BCUT2D eigenvalue weighted by Crippen LogP contribution is 2.36. The molecular formula is C27H28N4O6. The van der Waals surface area contributed by atoms with Crippen molar-refractivity contribution in [1.82, 2.24) is 5.32 Å². The molecule has 0 saturated carbocycles. The van der Waals surface area contributed by atoms with Gasteiger partial charge in [0, 0.05) is 30.4 Å². The van der Waals surface area contributed by atoms with Crippen molar-refractivity contribution in [3.63, 3.8) is 0 Å². The lowest BCUT2D eigenvalue weighted by Gasteiger charge is -2.22. The smallest absolute Gasteiger partial charge is 0.343 e. The zero-order chi connectivity index (χ0) is 25.9. The topological polar surface area (TPSA) is 119 Å². The molecule has 1 fully saturated rings. The molecule has 2 aromatic rings. The van der Waals surface area contributed by atoms with Crippen LogP contribution in [0.4, 0.5) is 17.1 Å². The summed E-state index contributed by atoms with van der Waals surface area (Å²) in [6, 6.07) is 12.6. The number of allylic oxidation sites excluding steroid dienone is 1. The second-order valence-electron chi connectivity index (χ2n) is 8.75. The number of rotatable bonds is 5. The first-order valence-electron chi connectivity index (χ1n) is 12.3. The maximum atomic E-state index is 13.4. The zero-order valence-corrected chi connectivity index (χ0v) is 20.7. The number of para-hydroxylation sites is 2. The Morgan fingerprint density at radius 3 is 2.70 bits per heavy atom.